The summed E-state index contributed by atoms with van der Waals surface area (Å²) in [5, 5.41) is 13.9. The van der Waals surface area contributed by atoms with Crippen LogP contribution >= 0.6 is 11.3 Å². The topological polar surface area (TPSA) is 50.7 Å². The largest absolute Gasteiger partial charge is 0.345 e. The Morgan fingerprint density at radius 3 is 2.53 bits per heavy atom. The third-order valence-electron chi connectivity index (χ3n) is 3.11. The Hall–Kier alpha value is -1.49. The molecule has 2 rings (SSSR count). The van der Waals surface area contributed by atoms with Crippen molar-refractivity contribution in [3.05, 3.63) is 33.8 Å². The summed E-state index contributed by atoms with van der Waals surface area (Å²) in [7, 11) is 0. The number of rotatable bonds is 6. The van der Waals surface area contributed by atoms with E-state index in [1.807, 2.05) is 0 Å². The first-order valence-corrected chi connectivity index (χ1v) is 7.68. The molecule has 0 amide bonds. The van der Waals surface area contributed by atoms with Crippen LogP contribution in [0.15, 0.2) is 17.5 Å². The van der Waals surface area contributed by atoms with Crippen LogP contribution in [0.2, 0.25) is 0 Å². The maximum atomic E-state index is 4.58. The van der Waals surface area contributed by atoms with Crippen LogP contribution in [0, 0.1) is 0 Å². The van der Waals surface area contributed by atoms with Gasteiger partial charge in [0.05, 0.1) is 17.4 Å². The molecule has 0 spiro atoms. The number of thiophene rings is 1. The normalized spacial score (nSPS) is 12.4. The molecule has 0 aliphatic carbocycles. The fourth-order valence-corrected chi connectivity index (χ4v) is 2.88. The zero-order valence-corrected chi connectivity index (χ0v) is 12.5. The van der Waals surface area contributed by atoms with Gasteiger partial charge in [-0.25, -0.2) is 4.98 Å². The first-order valence-electron chi connectivity index (χ1n) is 6.80. The minimum Gasteiger partial charge on any atom is -0.345 e. The molecule has 5 heteroatoms. The van der Waals surface area contributed by atoms with Gasteiger partial charge in [-0.05, 0) is 30.7 Å². The molecule has 0 fully saturated rings. The molecule has 0 aliphatic rings. The first kappa shape index (κ1) is 13.9. The van der Waals surface area contributed by atoms with E-state index in [9.17, 15) is 0 Å². The molecule has 0 bridgehead atoms. The van der Waals surface area contributed by atoms with Gasteiger partial charge in [-0.1, -0.05) is 26.8 Å². The number of aryl methyl sites for hydroxylation is 2. The van der Waals surface area contributed by atoms with Gasteiger partial charge in [0.25, 0.3) is 0 Å². The lowest BCUT2D eigenvalue weighted by atomic mass is 10.2. The van der Waals surface area contributed by atoms with Gasteiger partial charge in [-0.3, -0.25) is 0 Å². The number of hydrogen-bond acceptors (Lipinski definition) is 5. The van der Waals surface area contributed by atoms with Crippen LogP contribution in [0.1, 0.15) is 49.5 Å². The Morgan fingerprint density at radius 1 is 1.16 bits per heavy atom. The number of anilines is 1. The highest BCUT2D eigenvalue weighted by Crippen LogP contribution is 2.24. The van der Waals surface area contributed by atoms with Gasteiger partial charge in [0, 0.05) is 4.88 Å². The Bertz CT molecular complexity index is 510. The maximum absolute atomic E-state index is 4.58. The highest BCUT2D eigenvalue weighted by molar-refractivity contribution is 7.10. The predicted octanol–water partition coefficient (Wildman–Crippen LogP) is 3.62. The van der Waals surface area contributed by atoms with Crippen LogP contribution in [-0.2, 0) is 12.8 Å². The lowest BCUT2D eigenvalue weighted by molar-refractivity contribution is 0.732. The number of nitrogens with zero attached hydrogens (tertiary/aromatic N) is 3. The van der Waals surface area contributed by atoms with Crippen molar-refractivity contribution >= 4 is 17.3 Å². The summed E-state index contributed by atoms with van der Waals surface area (Å²) < 4.78 is 0. The molecule has 0 aromatic carbocycles. The maximum Gasteiger partial charge on any atom is 0.243 e. The summed E-state index contributed by atoms with van der Waals surface area (Å²) in [4.78, 5) is 5.89. The predicted molar refractivity (Wildman–Crippen MR) is 79.6 cm³/mol. The van der Waals surface area contributed by atoms with E-state index in [0.717, 1.165) is 30.7 Å². The molecule has 1 atom stereocenters. The van der Waals surface area contributed by atoms with E-state index < -0.39 is 0 Å². The van der Waals surface area contributed by atoms with E-state index in [0.29, 0.717) is 5.95 Å². The third-order valence-corrected chi connectivity index (χ3v) is 4.09. The highest BCUT2D eigenvalue weighted by atomic mass is 32.1. The van der Waals surface area contributed by atoms with Crippen LogP contribution in [-0.4, -0.2) is 15.2 Å². The van der Waals surface area contributed by atoms with Crippen LogP contribution in [0.5, 0.6) is 0 Å². The molecule has 0 radical (unpaired) electrons. The average Bonchev–Trinajstić information content (AvgIpc) is 2.98. The molecule has 0 aliphatic heterocycles. The van der Waals surface area contributed by atoms with Crippen molar-refractivity contribution < 1.29 is 0 Å². The van der Waals surface area contributed by atoms with E-state index in [-0.39, 0.29) is 6.04 Å². The van der Waals surface area contributed by atoms with Gasteiger partial charge in [0.15, 0.2) is 0 Å². The molecule has 2 heterocycles. The zero-order valence-electron chi connectivity index (χ0n) is 11.7. The summed E-state index contributed by atoms with van der Waals surface area (Å²) in [6.07, 6.45) is 2.77. The van der Waals surface area contributed by atoms with E-state index in [2.05, 4.69) is 58.8 Å². The van der Waals surface area contributed by atoms with Crippen LogP contribution in [0.3, 0.4) is 0 Å². The number of aromatic nitrogens is 3. The Kier molecular flexibility index (Phi) is 4.85. The molecule has 1 unspecified atom stereocenters. The standard InChI is InChI=1S/C14H20N4S/c1-4-10-11(5-2)17-18-14(15-10)16-12(6-3)13-8-7-9-19-13/h7-9,12H,4-6H2,1-3H3,(H,15,16,18). The van der Waals surface area contributed by atoms with Crippen LogP contribution in [0.4, 0.5) is 5.95 Å². The Morgan fingerprint density at radius 2 is 1.95 bits per heavy atom. The SMILES string of the molecule is CCc1nnc(NC(CC)c2cccs2)nc1CC. The third kappa shape index (κ3) is 3.29. The van der Waals surface area contributed by atoms with Crippen molar-refractivity contribution in [1.82, 2.24) is 15.2 Å². The first-order chi connectivity index (χ1) is 9.28. The highest BCUT2D eigenvalue weighted by Gasteiger charge is 2.13. The minimum atomic E-state index is 0.263. The lowest BCUT2D eigenvalue weighted by Crippen LogP contribution is -2.13. The van der Waals surface area contributed by atoms with E-state index in [1.54, 1.807) is 11.3 Å². The summed E-state index contributed by atoms with van der Waals surface area (Å²) in [5.41, 5.74) is 2.04. The molecular formula is C14H20N4S. The van der Waals surface area contributed by atoms with Crippen molar-refractivity contribution in [2.45, 2.75) is 46.1 Å². The van der Waals surface area contributed by atoms with Crippen molar-refractivity contribution in [3.63, 3.8) is 0 Å². The van der Waals surface area contributed by atoms with Gasteiger partial charge in [-0.2, -0.15) is 5.10 Å². The second-order valence-corrected chi connectivity index (χ2v) is 5.34. The van der Waals surface area contributed by atoms with Crippen molar-refractivity contribution in [1.29, 1.82) is 0 Å². The molecule has 19 heavy (non-hydrogen) atoms. The van der Waals surface area contributed by atoms with Gasteiger partial charge in [0.1, 0.15) is 0 Å². The van der Waals surface area contributed by atoms with Crippen molar-refractivity contribution in [2.24, 2.45) is 0 Å². The van der Waals surface area contributed by atoms with Gasteiger partial charge < -0.3 is 5.32 Å². The molecule has 2 aromatic rings. The van der Waals surface area contributed by atoms with Crippen molar-refractivity contribution in [3.8, 4) is 0 Å². The van der Waals surface area contributed by atoms with Gasteiger partial charge in [-0.15, -0.1) is 16.4 Å². The smallest absolute Gasteiger partial charge is 0.243 e. The van der Waals surface area contributed by atoms with E-state index >= 15 is 0 Å². The summed E-state index contributed by atoms with van der Waals surface area (Å²) in [6, 6.07) is 4.47. The average molecular weight is 276 g/mol. The molecule has 102 valence electrons. The van der Waals surface area contributed by atoms with Gasteiger partial charge >= 0.3 is 0 Å². The molecule has 1 N–H and O–H groups in total. The van der Waals surface area contributed by atoms with Crippen LogP contribution < -0.4 is 5.32 Å². The molecule has 0 saturated carbocycles. The van der Waals surface area contributed by atoms with E-state index in [1.165, 1.54) is 4.88 Å². The second kappa shape index (κ2) is 6.61. The van der Waals surface area contributed by atoms with E-state index in [4.69, 9.17) is 0 Å². The second-order valence-electron chi connectivity index (χ2n) is 4.36. The monoisotopic (exact) mass is 276 g/mol. The quantitative estimate of drug-likeness (QED) is 0.875. The Balaban J connectivity index is 2.18. The summed E-state index contributed by atoms with van der Waals surface area (Å²) in [5.74, 6) is 0.634. The van der Waals surface area contributed by atoms with Crippen LogP contribution in [0.25, 0.3) is 0 Å². The molecule has 2 aromatic heterocycles. The molecular weight excluding hydrogens is 256 g/mol. The molecule has 4 nitrogen and oxygen atoms in total. The Labute approximate surface area is 118 Å². The number of nitrogens with one attached hydrogen (secondary N) is 1. The lowest BCUT2D eigenvalue weighted by Gasteiger charge is -2.15. The fourth-order valence-electron chi connectivity index (χ4n) is 2.02. The van der Waals surface area contributed by atoms with Crippen molar-refractivity contribution in [2.75, 3.05) is 5.32 Å². The zero-order chi connectivity index (χ0) is 13.7. The summed E-state index contributed by atoms with van der Waals surface area (Å²) in [6.45, 7) is 6.34. The minimum absolute atomic E-state index is 0.263. The van der Waals surface area contributed by atoms with Gasteiger partial charge in [0.2, 0.25) is 5.95 Å². The fraction of sp³-hybridized carbons (Fsp3) is 0.500. The summed E-state index contributed by atoms with van der Waals surface area (Å²) >= 11 is 1.75. The number of hydrogen-bond donors (Lipinski definition) is 1. The molecule has 0 saturated heterocycles.